The molecule has 0 radical (unpaired) electrons. The molecule has 94 valence electrons. The third kappa shape index (κ3) is 4.11. The van der Waals surface area contributed by atoms with Crippen LogP contribution in [0.15, 0.2) is 18.2 Å². The molecule has 17 heavy (non-hydrogen) atoms. The molecule has 0 saturated carbocycles. The minimum atomic E-state index is -0.932. The van der Waals surface area contributed by atoms with Crippen LogP contribution in [0.25, 0.3) is 0 Å². The third-order valence-electron chi connectivity index (χ3n) is 2.02. The zero-order valence-corrected chi connectivity index (χ0v) is 9.70. The van der Waals surface area contributed by atoms with Gasteiger partial charge < -0.3 is 9.47 Å². The normalized spacial score (nSPS) is 12.2. The van der Waals surface area contributed by atoms with Gasteiger partial charge in [0.05, 0.1) is 12.2 Å². The van der Waals surface area contributed by atoms with Crippen molar-refractivity contribution in [3.63, 3.8) is 0 Å². The van der Waals surface area contributed by atoms with Gasteiger partial charge in [-0.05, 0) is 26.0 Å². The first-order valence-corrected chi connectivity index (χ1v) is 5.28. The fourth-order valence-corrected chi connectivity index (χ4v) is 1.22. The largest absolute Gasteiger partial charge is 0.457 e. The third-order valence-corrected chi connectivity index (χ3v) is 2.02. The van der Waals surface area contributed by atoms with E-state index < -0.39 is 23.7 Å². The molecule has 0 unspecified atom stereocenters. The van der Waals surface area contributed by atoms with Crippen molar-refractivity contribution in [1.29, 1.82) is 0 Å². The second-order valence-electron chi connectivity index (χ2n) is 3.50. The van der Waals surface area contributed by atoms with Gasteiger partial charge in [0.1, 0.15) is 17.7 Å². The highest BCUT2D eigenvalue weighted by Gasteiger charge is 2.16. The molecule has 0 aliphatic carbocycles. The summed E-state index contributed by atoms with van der Waals surface area (Å²) in [7, 11) is 0. The van der Waals surface area contributed by atoms with Crippen LogP contribution in [0, 0.1) is 11.6 Å². The average Bonchev–Trinajstić information content (AvgIpc) is 2.26. The van der Waals surface area contributed by atoms with Crippen LogP contribution in [-0.4, -0.2) is 25.3 Å². The molecule has 5 heteroatoms. The Labute approximate surface area is 98.3 Å². The molecule has 0 aliphatic heterocycles. The van der Waals surface area contributed by atoms with Gasteiger partial charge in [0.25, 0.3) is 0 Å². The Hall–Kier alpha value is -1.49. The quantitative estimate of drug-likeness (QED) is 0.747. The van der Waals surface area contributed by atoms with E-state index in [0.717, 1.165) is 12.1 Å². The summed E-state index contributed by atoms with van der Waals surface area (Å²) in [6, 6.07) is 2.71. The van der Waals surface area contributed by atoms with Crippen molar-refractivity contribution in [2.24, 2.45) is 0 Å². The minimum absolute atomic E-state index is 0.241. The molecule has 1 aromatic carbocycles. The average molecular weight is 244 g/mol. The Morgan fingerprint density at radius 3 is 2.71 bits per heavy atom. The zero-order chi connectivity index (χ0) is 12.8. The van der Waals surface area contributed by atoms with E-state index in [1.165, 1.54) is 0 Å². The Kier molecular flexibility index (Phi) is 5.03. The summed E-state index contributed by atoms with van der Waals surface area (Å²) in [6.07, 6.45) is -0.480. The Balaban J connectivity index is 2.63. The second kappa shape index (κ2) is 6.30. The molecule has 1 rings (SSSR count). The number of halogens is 2. The number of rotatable bonds is 5. The Morgan fingerprint density at radius 1 is 1.41 bits per heavy atom. The van der Waals surface area contributed by atoms with Crippen LogP contribution in [-0.2, 0) is 9.47 Å². The molecule has 0 bridgehead atoms. The fraction of sp³-hybridized carbons (Fsp3) is 0.417. The molecular formula is C12H14F2O3. The highest BCUT2D eigenvalue weighted by molar-refractivity contribution is 5.89. The number of carbonyl (C=O) groups excluding carboxylic acids is 1. The van der Waals surface area contributed by atoms with E-state index in [2.05, 4.69) is 0 Å². The lowest BCUT2D eigenvalue weighted by molar-refractivity contribution is 0.00400. The van der Waals surface area contributed by atoms with Gasteiger partial charge in [-0.1, -0.05) is 0 Å². The Morgan fingerprint density at radius 2 is 2.12 bits per heavy atom. The number of hydrogen-bond donors (Lipinski definition) is 0. The first-order valence-electron chi connectivity index (χ1n) is 5.28. The van der Waals surface area contributed by atoms with Crippen LogP contribution in [0.3, 0.4) is 0 Å². The van der Waals surface area contributed by atoms with Crippen molar-refractivity contribution < 1.29 is 23.0 Å². The lowest BCUT2D eigenvalue weighted by Gasteiger charge is -2.13. The molecule has 0 aromatic heterocycles. The Bertz CT molecular complexity index is 393. The molecule has 0 saturated heterocycles. The van der Waals surface area contributed by atoms with Gasteiger partial charge in [-0.15, -0.1) is 0 Å². The molecule has 0 heterocycles. The summed E-state index contributed by atoms with van der Waals surface area (Å²) < 4.78 is 35.8. The summed E-state index contributed by atoms with van der Waals surface area (Å²) in [5.41, 5.74) is -0.283. The SMILES string of the molecule is CCOC[C@@H](C)OC(=O)c1ccc(F)cc1F. The molecule has 0 amide bonds. The van der Waals surface area contributed by atoms with E-state index in [0.29, 0.717) is 12.7 Å². The lowest BCUT2D eigenvalue weighted by Crippen LogP contribution is -2.21. The standard InChI is InChI=1S/C12H14F2O3/c1-3-16-7-8(2)17-12(15)10-5-4-9(13)6-11(10)14/h4-6,8H,3,7H2,1-2H3/t8-/m1/s1. The monoisotopic (exact) mass is 244 g/mol. The van der Waals surface area contributed by atoms with Crippen molar-refractivity contribution in [1.82, 2.24) is 0 Å². The molecule has 0 N–H and O–H groups in total. The van der Waals surface area contributed by atoms with Crippen LogP contribution in [0.2, 0.25) is 0 Å². The summed E-state index contributed by atoms with van der Waals surface area (Å²) >= 11 is 0. The predicted molar refractivity (Wildman–Crippen MR) is 57.7 cm³/mol. The van der Waals surface area contributed by atoms with Gasteiger partial charge >= 0.3 is 5.97 Å². The number of benzene rings is 1. The number of hydrogen-bond acceptors (Lipinski definition) is 3. The van der Waals surface area contributed by atoms with Crippen LogP contribution < -0.4 is 0 Å². The molecule has 0 spiro atoms. The highest BCUT2D eigenvalue weighted by atomic mass is 19.1. The van der Waals surface area contributed by atoms with E-state index in [4.69, 9.17) is 9.47 Å². The van der Waals surface area contributed by atoms with E-state index in [1.54, 1.807) is 6.92 Å². The van der Waals surface area contributed by atoms with E-state index in [-0.39, 0.29) is 12.2 Å². The van der Waals surface area contributed by atoms with Gasteiger partial charge in [0.2, 0.25) is 0 Å². The van der Waals surface area contributed by atoms with Crippen molar-refractivity contribution >= 4 is 5.97 Å². The first kappa shape index (κ1) is 13.6. The molecule has 3 nitrogen and oxygen atoms in total. The van der Waals surface area contributed by atoms with Crippen molar-refractivity contribution in [2.45, 2.75) is 20.0 Å². The first-order chi connectivity index (χ1) is 8.04. The number of ether oxygens (including phenoxy) is 2. The van der Waals surface area contributed by atoms with Gasteiger partial charge in [-0.3, -0.25) is 0 Å². The fourth-order valence-electron chi connectivity index (χ4n) is 1.22. The molecule has 1 atom stereocenters. The van der Waals surface area contributed by atoms with Crippen LogP contribution in [0.1, 0.15) is 24.2 Å². The van der Waals surface area contributed by atoms with Gasteiger partial charge in [0.15, 0.2) is 0 Å². The smallest absolute Gasteiger partial charge is 0.341 e. The van der Waals surface area contributed by atoms with E-state index >= 15 is 0 Å². The summed E-state index contributed by atoms with van der Waals surface area (Å²) in [4.78, 5) is 11.5. The van der Waals surface area contributed by atoms with E-state index in [1.807, 2.05) is 6.92 Å². The van der Waals surface area contributed by atoms with Crippen LogP contribution >= 0.6 is 0 Å². The van der Waals surface area contributed by atoms with Gasteiger partial charge in [-0.25, -0.2) is 13.6 Å². The highest BCUT2D eigenvalue weighted by Crippen LogP contribution is 2.11. The second-order valence-corrected chi connectivity index (χ2v) is 3.50. The maximum absolute atomic E-state index is 13.2. The van der Waals surface area contributed by atoms with Crippen molar-refractivity contribution in [3.8, 4) is 0 Å². The van der Waals surface area contributed by atoms with Crippen LogP contribution in [0.4, 0.5) is 8.78 Å². The minimum Gasteiger partial charge on any atom is -0.457 e. The maximum atomic E-state index is 13.2. The van der Waals surface area contributed by atoms with Crippen molar-refractivity contribution in [2.75, 3.05) is 13.2 Å². The van der Waals surface area contributed by atoms with Crippen molar-refractivity contribution in [3.05, 3.63) is 35.4 Å². The maximum Gasteiger partial charge on any atom is 0.341 e. The predicted octanol–water partition coefficient (Wildman–Crippen LogP) is 2.55. The topological polar surface area (TPSA) is 35.5 Å². The van der Waals surface area contributed by atoms with Crippen LogP contribution in [0.5, 0.6) is 0 Å². The molecule has 0 aliphatic rings. The number of esters is 1. The molecular weight excluding hydrogens is 230 g/mol. The summed E-state index contributed by atoms with van der Waals surface area (Å²) in [5, 5.41) is 0. The molecule has 0 fully saturated rings. The van der Waals surface area contributed by atoms with Gasteiger partial charge in [0, 0.05) is 12.7 Å². The van der Waals surface area contributed by atoms with Gasteiger partial charge in [-0.2, -0.15) is 0 Å². The van der Waals surface area contributed by atoms with E-state index in [9.17, 15) is 13.6 Å². The summed E-state index contributed by atoms with van der Waals surface area (Å²) in [5.74, 6) is -2.49. The zero-order valence-electron chi connectivity index (χ0n) is 9.70. The lowest BCUT2D eigenvalue weighted by atomic mass is 10.2. The summed E-state index contributed by atoms with van der Waals surface area (Å²) in [6.45, 7) is 4.20. The molecule has 1 aromatic rings. The number of carbonyl (C=O) groups is 1.